The van der Waals surface area contributed by atoms with Crippen molar-refractivity contribution in [2.24, 2.45) is 10.7 Å². The monoisotopic (exact) mass is 319 g/mol. The van der Waals surface area contributed by atoms with E-state index in [0.29, 0.717) is 6.42 Å². The van der Waals surface area contributed by atoms with E-state index in [1.165, 1.54) is 0 Å². The van der Waals surface area contributed by atoms with Crippen molar-refractivity contribution in [2.45, 2.75) is 51.4 Å². The second-order valence-corrected chi connectivity index (χ2v) is 6.97. The summed E-state index contributed by atoms with van der Waals surface area (Å²) in [4.78, 5) is 6.81. The Balaban J connectivity index is 2.07. The van der Waals surface area contributed by atoms with Gasteiger partial charge in [0.05, 0.1) is 23.4 Å². The lowest BCUT2D eigenvalue weighted by molar-refractivity contribution is 0.0124. The van der Waals surface area contributed by atoms with Crippen LogP contribution >= 0.6 is 0 Å². The van der Waals surface area contributed by atoms with Crippen LogP contribution in [0.2, 0.25) is 0 Å². The van der Waals surface area contributed by atoms with E-state index < -0.39 is 6.10 Å². The predicted molar refractivity (Wildman–Crippen MR) is 94.2 cm³/mol. The minimum absolute atomic E-state index is 0.134. The van der Waals surface area contributed by atoms with Crippen molar-refractivity contribution in [1.29, 1.82) is 0 Å². The molecular weight excluding hydrogens is 290 g/mol. The molecule has 5 nitrogen and oxygen atoms in total. The van der Waals surface area contributed by atoms with Gasteiger partial charge in [-0.15, -0.1) is 0 Å². The van der Waals surface area contributed by atoms with Crippen molar-refractivity contribution in [1.82, 2.24) is 4.90 Å². The number of methoxy groups -OCH3 is 1. The first-order valence-electron chi connectivity index (χ1n) is 8.11. The van der Waals surface area contributed by atoms with E-state index in [1.807, 2.05) is 32.2 Å². The molecule has 0 saturated heterocycles. The average molecular weight is 319 g/mol. The van der Waals surface area contributed by atoms with E-state index in [-0.39, 0.29) is 11.6 Å². The third-order valence-corrected chi connectivity index (χ3v) is 4.78. The maximum absolute atomic E-state index is 9.87. The molecule has 0 radical (unpaired) electrons. The van der Waals surface area contributed by atoms with Crippen molar-refractivity contribution in [2.75, 3.05) is 20.7 Å². The molecule has 0 heterocycles. The van der Waals surface area contributed by atoms with Gasteiger partial charge in [-0.05, 0) is 50.5 Å². The summed E-state index contributed by atoms with van der Waals surface area (Å²) in [5.74, 6) is 0.948. The van der Waals surface area contributed by atoms with Crippen LogP contribution in [0, 0.1) is 0 Å². The Morgan fingerprint density at radius 1 is 1.48 bits per heavy atom. The summed E-state index contributed by atoms with van der Waals surface area (Å²) in [5.41, 5.74) is 8.91. The Hall–Kier alpha value is -1.43. The molecule has 0 aliphatic heterocycles. The Bertz CT molecular complexity index is 584. The fourth-order valence-corrected chi connectivity index (χ4v) is 2.68. The number of amidine groups is 1. The van der Waals surface area contributed by atoms with Crippen LogP contribution < -0.4 is 5.73 Å². The largest absolute Gasteiger partial charge is 0.391 e. The highest BCUT2D eigenvalue weighted by Crippen LogP contribution is 2.32. The second kappa shape index (κ2) is 6.99. The Morgan fingerprint density at radius 2 is 2.17 bits per heavy atom. The molecule has 2 atom stereocenters. The number of aliphatic hydroxyl groups is 1. The Labute approximate surface area is 139 Å². The third kappa shape index (κ3) is 4.31. The molecule has 1 aromatic rings. The van der Waals surface area contributed by atoms with Gasteiger partial charge in [0.15, 0.2) is 0 Å². The molecule has 23 heavy (non-hydrogen) atoms. The van der Waals surface area contributed by atoms with Crippen molar-refractivity contribution < 1.29 is 9.84 Å². The summed E-state index contributed by atoms with van der Waals surface area (Å²) in [6.45, 7) is 7.04. The van der Waals surface area contributed by atoms with E-state index in [4.69, 9.17) is 10.5 Å². The molecule has 1 aliphatic carbocycles. The van der Waals surface area contributed by atoms with Crippen molar-refractivity contribution in [3.63, 3.8) is 0 Å². The number of nitrogens with two attached hydrogens (primary N) is 1. The van der Waals surface area contributed by atoms with E-state index in [0.717, 1.165) is 35.6 Å². The van der Waals surface area contributed by atoms with Gasteiger partial charge >= 0.3 is 0 Å². The zero-order valence-corrected chi connectivity index (χ0v) is 14.8. The number of hydrogen-bond acceptors (Lipinski definition) is 4. The van der Waals surface area contributed by atoms with Crippen LogP contribution in [0.4, 0.5) is 5.69 Å². The SMILES string of the molecule is COC(C)(C)CCN(C)C(C)=Nc1ccc2c(c1)[C@@H](N)[C@H](O)C2. The van der Waals surface area contributed by atoms with E-state index in [1.54, 1.807) is 7.11 Å². The molecule has 128 valence electrons. The molecular formula is C18H29N3O2. The number of ether oxygens (including phenoxy) is 1. The number of aliphatic hydroxyl groups excluding tert-OH is 1. The maximum Gasteiger partial charge on any atom is 0.101 e. The lowest BCUT2D eigenvalue weighted by Crippen LogP contribution is -2.32. The molecule has 3 N–H and O–H groups in total. The molecule has 0 spiro atoms. The smallest absolute Gasteiger partial charge is 0.101 e. The fraction of sp³-hybridized carbons (Fsp3) is 0.611. The molecule has 0 bridgehead atoms. The summed E-state index contributed by atoms with van der Waals surface area (Å²) in [5, 5.41) is 9.87. The molecule has 0 fully saturated rings. The van der Waals surface area contributed by atoms with Gasteiger partial charge < -0.3 is 20.5 Å². The van der Waals surface area contributed by atoms with Crippen molar-refractivity contribution in [3.8, 4) is 0 Å². The average Bonchev–Trinajstić information content (AvgIpc) is 2.80. The highest BCUT2D eigenvalue weighted by atomic mass is 16.5. The van der Waals surface area contributed by atoms with Crippen LogP contribution in [-0.4, -0.2) is 48.2 Å². The van der Waals surface area contributed by atoms with Gasteiger partial charge in [0, 0.05) is 27.1 Å². The summed E-state index contributed by atoms with van der Waals surface area (Å²) in [7, 11) is 3.77. The number of hydrogen-bond donors (Lipinski definition) is 2. The van der Waals surface area contributed by atoms with Gasteiger partial charge in [0.2, 0.25) is 0 Å². The first-order valence-corrected chi connectivity index (χ1v) is 8.11. The van der Waals surface area contributed by atoms with Gasteiger partial charge in [-0.3, -0.25) is 0 Å². The van der Waals surface area contributed by atoms with Gasteiger partial charge in [-0.1, -0.05) is 6.07 Å². The highest BCUT2D eigenvalue weighted by Gasteiger charge is 2.28. The first-order chi connectivity index (χ1) is 10.7. The van der Waals surface area contributed by atoms with Crippen LogP contribution in [0.3, 0.4) is 0 Å². The number of aliphatic imine (C=N–C) groups is 1. The number of benzene rings is 1. The minimum atomic E-state index is -0.482. The highest BCUT2D eigenvalue weighted by molar-refractivity contribution is 5.82. The Kier molecular flexibility index (Phi) is 5.45. The lowest BCUT2D eigenvalue weighted by atomic mass is 10.1. The van der Waals surface area contributed by atoms with Crippen LogP contribution in [0.15, 0.2) is 23.2 Å². The zero-order chi connectivity index (χ0) is 17.2. The number of rotatable bonds is 5. The van der Waals surface area contributed by atoms with Crippen molar-refractivity contribution in [3.05, 3.63) is 29.3 Å². The predicted octanol–water partition coefficient (Wildman–Crippen LogP) is 2.40. The normalized spacial score (nSPS) is 21.4. The van der Waals surface area contributed by atoms with Crippen LogP contribution in [0.25, 0.3) is 0 Å². The summed E-state index contributed by atoms with van der Waals surface area (Å²) in [6.07, 6.45) is 1.07. The van der Waals surface area contributed by atoms with E-state index in [2.05, 4.69) is 23.7 Å². The fourth-order valence-electron chi connectivity index (χ4n) is 2.68. The summed E-state index contributed by atoms with van der Waals surface area (Å²) in [6, 6.07) is 5.69. The quantitative estimate of drug-likeness (QED) is 0.646. The summed E-state index contributed by atoms with van der Waals surface area (Å²) >= 11 is 0. The van der Waals surface area contributed by atoms with Crippen LogP contribution in [0.5, 0.6) is 0 Å². The molecule has 0 amide bonds. The lowest BCUT2D eigenvalue weighted by Gasteiger charge is -2.27. The van der Waals surface area contributed by atoms with E-state index >= 15 is 0 Å². The van der Waals surface area contributed by atoms with Gasteiger partial charge in [0.25, 0.3) is 0 Å². The standard InChI is InChI=1S/C18H29N3O2/c1-12(21(4)9-8-18(2,3)23-5)20-14-7-6-13-10-16(22)17(19)15(13)11-14/h6-7,11,16-17,22H,8-10,19H2,1-5H3/t16-,17-/m1/s1. The Morgan fingerprint density at radius 3 is 2.83 bits per heavy atom. The molecule has 0 unspecified atom stereocenters. The molecule has 0 aromatic heterocycles. The zero-order valence-electron chi connectivity index (χ0n) is 14.8. The number of fused-ring (bicyclic) bond motifs is 1. The molecule has 5 heteroatoms. The van der Waals surface area contributed by atoms with Gasteiger partial charge in [-0.2, -0.15) is 0 Å². The first kappa shape index (κ1) is 17.9. The topological polar surface area (TPSA) is 71.1 Å². The molecule has 2 rings (SSSR count). The third-order valence-electron chi connectivity index (χ3n) is 4.78. The molecule has 1 aliphatic rings. The van der Waals surface area contributed by atoms with E-state index in [9.17, 15) is 5.11 Å². The summed E-state index contributed by atoms with van der Waals surface area (Å²) < 4.78 is 5.45. The van der Waals surface area contributed by atoms with Gasteiger partial charge in [0.1, 0.15) is 5.84 Å². The molecule has 1 aromatic carbocycles. The van der Waals surface area contributed by atoms with Crippen LogP contribution in [0.1, 0.15) is 44.4 Å². The minimum Gasteiger partial charge on any atom is -0.391 e. The van der Waals surface area contributed by atoms with Gasteiger partial charge in [-0.25, -0.2) is 4.99 Å². The second-order valence-electron chi connectivity index (χ2n) is 6.97. The number of nitrogens with zero attached hydrogens (tertiary/aromatic N) is 2. The molecule has 0 saturated carbocycles. The maximum atomic E-state index is 9.87. The van der Waals surface area contributed by atoms with Crippen LogP contribution in [-0.2, 0) is 11.2 Å². The van der Waals surface area contributed by atoms with Crippen molar-refractivity contribution >= 4 is 11.5 Å².